The normalized spacial score (nSPS) is 9.44. The van der Waals surface area contributed by atoms with Crippen molar-refractivity contribution in [1.29, 1.82) is 0 Å². The van der Waals surface area contributed by atoms with Crippen LogP contribution in [0.25, 0.3) is 0 Å². The number of hydrogen-bond acceptors (Lipinski definition) is 1. The van der Waals surface area contributed by atoms with E-state index in [1.165, 1.54) is 0 Å². The van der Waals surface area contributed by atoms with E-state index < -0.39 is 0 Å². The summed E-state index contributed by atoms with van der Waals surface area (Å²) >= 11 is -0.0196. The van der Waals surface area contributed by atoms with E-state index in [2.05, 4.69) is 4.98 Å². The molecule has 0 radical (unpaired) electrons. The van der Waals surface area contributed by atoms with E-state index in [0.717, 1.165) is 4.46 Å². The molecule has 3 heteroatoms. The van der Waals surface area contributed by atoms with Gasteiger partial charge in [0.1, 0.15) is 0 Å². The Labute approximate surface area is 59.5 Å². The van der Waals surface area contributed by atoms with Gasteiger partial charge in [0.25, 0.3) is 0 Å². The minimum absolute atomic E-state index is 0.0196. The zero-order valence-electron chi connectivity index (χ0n) is 4.75. The molecule has 0 N–H and O–H groups in total. The Kier molecular flexibility index (Phi) is 2.68. The van der Waals surface area contributed by atoms with Crippen molar-refractivity contribution in [3.63, 3.8) is 0 Å². The topological polar surface area (TPSA) is 12.9 Å². The monoisotopic (exact) mass is 191 g/mol. The van der Waals surface area contributed by atoms with Crippen molar-refractivity contribution in [2.45, 2.75) is 0 Å². The van der Waals surface area contributed by atoms with E-state index in [0.29, 0.717) is 0 Å². The fraction of sp³-hybridized carbons (Fsp3) is 0.167. The average molecular weight is 190 g/mol. The van der Waals surface area contributed by atoms with Gasteiger partial charge in [0.05, 0.1) is 0 Å². The Hall–Kier alpha value is -0.401. The van der Waals surface area contributed by atoms with Crippen LogP contribution in [0, 0.1) is 0 Å². The second kappa shape index (κ2) is 3.59. The third-order valence-corrected chi connectivity index (χ3v) is 2.29. The number of hydrogen-bond donors (Lipinski definition) is 0. The summed E-state index contributed by atoms with van der Waals surface area (Å²) in [4.78, 5) is 3.85. The Morgan fingerprint density at radius 1 is 1.67 bits per heavy atom. The summed E-state index contributed by atoms with van der Waals surface area (Å²) in [5.74, 6) is 0. The molecule has 1 nitrogen and oxygen atoms in total. The maximum atomic E-state index is 11.7. The first kappa shape index (κ1) is 6.72. The molecule has 0 aliphatic rings. The van der Waals surface area contributed by atoms with Crippen LogP contribution < -0.4 is 4.46 Å². The fourth-order valence-corrected chi connectivity index (χ4v) is 1.41. The number of pyridine rings is 1. The molecule has 0 amide bonds. The van der Waals surface area contributed by atoms with Crippen molar-refractivity contribution in [2.24, 2.45) is 0 Å². The Bertz CT molecular complexity index is 166. The van der Waals surface area contributed by atoms with Crippen LogP contribution >= 0.6 is 0 Å². The number of alkyl halides is 1. The fourth-order valence-electron chi connectivity index (χ4n) is 0.495. The number of nitrogens with zero attached hydrogens (tertiary/aromatic N) is 1. The van der Waals surface area contributed by atoms with Crippen molar-refractivity contribution in [3.05, 3.63) is 24.5 Å². The zero-order valence-corrected chi connectivity index (χ0v) is 6.46. The summed E-state index contributed by atoms with van der Waals surface area (Å²) in [6, 6.07) is 3.72. The quantitative estimate of drug-likeness (QED) is 0.612. The van der Waals surface area contributed by atoms with Gasteiger partial charge in [-0.2, -0.15) is 0 Å². The summed E-state index contributed by atoms with van der Waals surface area (Å²) in [6.45, 7) is 0. The Morgan fingerprint density at radius 2 is 2.56 bits per heavy atom. The molecule has 0 fully saturated rings. The molecule has 0 spiro atoms. The number of rotatable bonds is 2. The van der Waals surface area contributed by atoms with Crippen molar-refractivity contribution in [1.82, 2.24) is 4.98 Å². The van der Waals surface area contributed by atoms with Gasteiger partial charge in [-0.05, 0) is 0 Å². The second-order valence-electron chi connectivity index (χ2n) is 1.44. The first-order valence-corrected chi connectivity index (χ1v) is 4.59. The molecule has 48 valence electrons. The van der Waals surface area contributed by atoms with Gasteiger partial charge in [0, 0.05) is 0 Å². The number of halogens is 1. The summed E-state index contributed by atoms with van der Waals surface area (Å²) in [7, 11) is 0. The molecule has 0 aliphatic heterocycles. The minimum atomic E-state index is -0.237. The van der Waals surface area contributed by atoms with E-state index >= 15 is 0 Å². The van der Waals surface area contributed by atoms with Crippen LogP contribution in [-0.4, -0.2) is 25.5 Å². The van der Waals surface area contributed by atoms with E-state index in [9.17, 15) is 4.39 Å². The Morgan fingerprint density at radius 3 is 3.11 bits per heavy atom. The molecule has 9 heavy (non-hydrogen) atoms. The SMILES string of the molecule is FC[Se]c1cccnc1. The predicted molar refractivity (Wildman–Crippen MR) is 35.6 cm³/mol. The summed E-state index contributed by atoms with van der Waals surface area (Å²) in [5.41, 5.74) is -0.237. The molecule has 1 aromatic rings. The maximum absolute atomic E-state index is 11.7. The van der Waals surface area contributed by atoms with E-state index in [1.807, 2.05) is 12.1 Å². The Balaban J connectivity index is 2.61. The van der Waals surface area contributed by atoms with Gasteiger partial charge in [-0.1, -0.05) is 0 Å². The third-order valence-electron chi connectivity index (χ3n) is 0.856. The van der Waals surface area contributed by atoms with E-state index in [-0.39, 0.29) is 20.5 Å². The zero-order chi connectivity index (χ0) is 6.53. The first-order chi connectivity index (χ1) is 4.43. The molecule has 1 rings (SSSR count). The molecule has 0 saturated heterocycles. The van der Waals surface area contributed by atoms with Gasteiger partial charge in [0.15, 0.2) is 0 Å². The van der Waals surface area contributed by atoms with Crippen molar-refractivity contribution in [2.75, 3.05) is 5.57 Å². The van der Waals surface area contributed by atoms with Crippen molar-refractivity contribution in [3.8, 4) is 0 Å². The van der Waals surface area contributed by atoms with Crippen LogP contribution in [0.1, 0.15) is 0 Å². The van der Waals surface area contributed by atoms with Crippen molar-refractivity contribution >= 4 is 19.4 Å². The van der Waals surface area contributed by atoms with Gasteiger partial charge in [-0.25, -0.2) is 0 Å². The standard InChI is InChI=1S/C6H6FNSe/c7-5-9-6-2-1-3-8-4-6/h1-4H,5H2. The van der Waals surface area contributed by atoms with Crippen LogP contribution in [-0.2, 0) is 0 Å². The molecule has 0 saturated carbocycles. The van der Waals surface area contributed by atoms with E-state index in [1.54, 1.807) is 12.4 Å². The summed E-state index contributed by atoms with van der Waals surface area (Å²) < 4.78 is 12.7. The molecule has 0 atom stereocenters. The molecule has 0 bridgehead atoms. The van der Waals surface area contributed by atoms with Crippen LogP contribution in [0.2, 0.25) is 0 Å². The molecular formula is C6H6FNSe. The number of aromatic nitrogens is 1. The van der Waals surface area contributed by atoms with Gasteiger partial charge in [0.2, 0.25) is 0 Å². The summed E-state index contributed by atoms with van der Waals surface area (Å²) in [5, 5.41) is 0. The second-order valence-corrected chi connectivity index (χ2v) is 3.49. The van der Waals surface area contributed by atoms with Gasteiger partial charge >= 0.3 is 58.9 Å². The van der Waals surface area contributed by atoms with Crippen LogP contribution in [0.5, 0.6) is 0 Å². The van der Waals surface area contributed by atoms with Crippen LogP contribution in [0.15, 0.2) is 24.5 Å². The molecule has 1 aromatic heterocycles. The predicted octanol–water partition coefficient (Wildman–Crippen LogP) is 0.338. The molecule has 1 heterocycles. The molecule has 0 aliphatic carbocycles. The average Bonchev–Trinajstić information content (AvgIpc) is 1.91. The van der Waals surface area contributed by atoms with Crippen LogP contribution in [0.4, 0.5) is 4.39 Å². The summed E-state index contributed by atoms with van der Waals surface area (Å²) in [6.07, 6.45) is 3.40. The van der Waals surface area contributed by atoms with Gasteiger partial charge < -0.3 is 0 Å². The third kappa shape index (κ3) is 2.12. The van der Waals surface area contributed by atoms with E-state index in [4.69, 9.17) is 0 Å². The van der Waals surface area contributed by atoms with Gasteiger partial charge in [-0.3, -0.25) is 0 Å². The molecule has 0 aromatic carbocycles. The van der Waals surface area contributed by atoms with Crippen LogP contribution in [0.3, 0.4) is 0 Å². The van der Waals surface area contributed by atoms with Gasteiger partial charge in [-0.15, -0.1) is 0 Å². The first-order valence-electron chi connectivity index (χ1n) is 2.52. The molecular weight excluding hydrogens is 184 g/mol. The molecule has 0 unspecified atom stereocenters. The van der Waals surface area contributed by atoms with Crippen molar-refractivity contribution < 1.29 is 4.39 Å².